The Balaban J connectivity index is 2.00. The third kappa shape index (κ3) is 2.23. The lowest BCUT2D eigenvalue weighted by molar-refractivity contribution is 0.219. The maximum Gasteiger partial charge on any atom is 0.129 e. The molecule has 1 saturated carbocycles. The molecule has 1 aromatic carbocycles. The fraction of sp³-hybridized carbons (Fsp3) is 0.562. The Morgan fingerprint density at radius 2 is 2.10 bits per heavy atom. The molecule has 0 spiro atoms. The minimum absolute atomic E-state index is 0.286. The van der Waals surface area contributed by atoms with Crippen LogP contribution in [0.3, 0.4) is 0 Å². The molecule has 4 heteroatoms. The van der Waals surface area contributed by atoms with Gasteiger partial charge in [0.15, 0.2) is 0 Å². The van der Waals surface area contributed by atoms with Crippen LogP contribution >= 0.6 is 11.6 Å². The molecule has 0 atom stereocenters. The first-order chi connectivity index (χ1) is 9.53. The minimum Gasteiger partial charge on any atom is -0.330 e. The Labute approximate surface area is 125 Å². The summed E-state index contributed by atoms with van der Waals surface area (Å²) in [5.41, 5.74) is 8.44. The van der Waals surface area contributed by atoms with Crippen molar-refractivity contribution in [3.8, 4) is 0 Å². The first-order valence-electron chi connectivity index (χ1n) is 7.45. The number of benzene rings is 1. The first-order valence-corrected chi connectivity index (χ1v) is 7.82. The molecule has 108 valence electrons. The molecule has 0 radical (unpaired) electrons. The van der Waals surface area contributed by atoms with Gasteiger partial charge in [0.25, 0.3) is 0 Å². The molecule has 0 saturated heterocycles. The number of imidazole rings is 1. The van der Waals surface area contributed by atoms with E-state index in [0.29, 0.717) is 0 Å². The van der Waals surface area contributed by atoms with Gasteiger partial charge in [-0.25, -0.2) is 4.98 Å². The first kappa shape index (κ1) is 13.9. The van der Waals surface area contributed by atoms with E-state index in [1.54, 1.807) is 0 Å². The molecule has 20 heavy (non-hydrogen) atoms. The number of aromatic nitrogens is 2. The summed E-state index contributed by atoms with van der Waals surface area (Å²) in [7, 11) is 2.04. The second-order valence-electron chi connectivity index (χ2n) is 6.14. The molecular formula is C16H22ClN3. The number of aryl methyl sites for hydroxylation is 1. The summed E-state index contributed by atoms with van der Waals surface area (Å²) in [6.45, 7) is 2.27. The van der Waals surface area contributed by atoms with Crippen LogP contribution in [0.25, 0.3) is 11.0 Å². The van der Waals surface area contributed by atoms with E-state index in [2.05, 4.69) is 11.5 Å². The van der Waals surface area contributed by atoms with Crippen molar-refractivity contribution in [3.05, 3.63) is 29.0 Å². The van der Waals surface area contributed by atoms with Crippen LogP contribution in [0.15, 0.2) is 18.2 Å². The number of hydrogen-bond acceptors (Lipinski definition) is 2. The Morgan fingerprint density at radius 3 is 2.75 bits per heavy atom. The highest BCUT2D eigenvalue weighted by Crippen LogP contribution is 2.39. The number of fused-ring (bicyclic) bond motifs is 1. The second kappa shape index (κ2) is 5.05. The lowest BCUT2D eigenvalue weighted by atomic mass is 9.75. The molecule has 3 nitrogen and oxygen atoms in total. The molecule has 0 aliphatic heterocycles. The van der Waals surface area contributed by atoms with Crippen molar-refractivity contribution in [2.45, 2.75) is 44.6 Å². The highest BCUT2D eigenvalue weighted by atomic mass is 35.5. The Bertz CT molecular complexity index is 624. The molecule has 0 bridgehead atoms. The van der Waals surface area contributed by atoms with E-state index < -0.39 is 0 Å². The Kier molecular flexibility index (Phi) is 3.51. The van der Waals surface area contributed by atoms with E-state index in [4.69, 9.17) is 22.3 Å². The van der Waals surface area contributed by atoms with Crippen molar-refractivity contribution in [2.24, 2.45) is 18.7 Å². The fourth-order valence-electron chi connectivity index (χ4n) is 3.43. The van der Waals surface area contributed by atoms with E-state index in [1.807, 2.05) is 25.2 Å². The van der Waals surface area contributed by atoms with Gasteiger partial charge in [-0.3, -0.25) is 0 Å². The standard InChI is InChI=1S/C16H22ClN3/c1-3-11-6-8-16(18,9-7-11)15-19-13-5-4-12(17)10-14(13)20(15)2/h4-5,10-11H,3,6-9,18H2,1-2H3. The molecule has 2 aromatic rings. The van der Waals surface area contributed by atoms with Crippen molar-refractivity contribution in [1.82, 2.24) is 9.55 Å². The summed E-state index contributed by atoms with van der Waals surface area (Å²) >= 11 is 6.09. The third-order valence-corrected chi connectivity index (χ3v) is 5.10. The van der Waals surface area contributed by atoms with E-state index in [9.17, 15) is 0 Å². The highest BCUT2D eigenvalue weighted by molar-refractivity contribution is 6.31. The van der Waals surface area contributed by atoms with Crippen LogP contribution in [0.1, 0.15) is 44.9 Å². The molecule has 1 fully saturated rings. The lowest BCUT2D eigenvalue weighted by Gasteiger charge is -2.36. The van der Waals surface area contributed by atoms with Gasteiger partial charge in [0.2, 0.25) is 0 Å². The van der Waals surface area contributed by atoms with Gasteiger partial charge in [-0.1, -0.05) is 24.9 Å². The quantitative estimate of drug-likeness (QED) is 0.909. The van der Waals surface area contributed by atoms with Gasteiger partial charge >= 0.3 is 0 Å². The summed E-state index contributed by atoms with van der Waals surface area (Å²) in [6, 6.07) is 5.83. The summed E-state index contributed by atoms with van der Waals surface area (Å²) in [4.78, 5) is 4.78. The van der Waals surface area contributed by atoms with Gasteiger partial charge in [-0.2, -0.15) is 0 Å². The average Bonchev–Trinajstić information content (AvgIpc) is 2.78. The van der Waals surface area contributed by atoms with E-state index in [0.717, 1.165) is 40.6 Å². The lowest BCUT2D eigenvalue weighted by Crippen LogP contribution is -2.42. The second-order valence-corrected chi connectivity index (χ2v) is 6.57. The van der Waals surface area contributed by atoms with Crippen LogP contribution in [-0.2, 0) is 12.6 Å². The zero-order valence-corrected chi connectivity index (χ0v) is 13.0. The summed E-state index contributed by atoms with van der Waals surface area (Å²) in [6.07, 6.45) is 5.72. The predicted octanol–water partition coefficient (Wildman–Crippen LogP) is 3.98. The van der Waals surface area contributed by atoms with Crippen molar-refractivity contribution in [1.29, 1.82) is 0 Å². The molecule has 0 amide bonds. The van der Waals surface area contributed by atoms with Crippen LogP contribution in [0.2, 0.25) is 5.02 Å². The van der Waals surface area contributed by atoms with Crippen LogP contribution in [-0.4, -0.2) is 9.55 Å². The summed E-state index contributed by atoms with van der Waals surface area (Å²) in [5.74, 6) is 1.83. The molecular weight excluding hydrogens is 270 g/mol. The largest absolute Gasteiger partial charge is 0.330 e. The van der Waals surface area contributed by atoms with Crippen molar-refractivity contribution < 1.29 is 0 Å². The van der Waals surface area contributed by atoms with Gasteiger partial charge in [-0.15, -0.1) is 0 Å². The number of nitrogens with two attached hydrogens (primary N) is 1. The minimum atomic E-state index is -0.286. The molecule has 0 unspecified atom stereocenters. The van der Waals surface area contributed by atoms with Gasteiger partial charge in [0, 0.05) is 12.1 Å². The Hall–Kier alpha value is -1.06. The normalized spacial score (nSPS) is 27.1. The number of nitrogens with zero attached hydrogens (tertiary/aromatic N) is 2. The van der Waals surface area contributed by atoms with E-state index >= 15 is 0 Å². The third-order valence-electron chi connectivity index (χ3n) is 4.86. The predicted molar refractivity (Wildman–Crippen MR) is 83.8 cm³/mol. The van der Waals surface area contributed by atoms with Crippen LogP contribution < -0.4 is 5.73 Å². The SMILES string of the molecule is CCC1CCC(N)(c2nc3ccc(Cl)cc3n2C)CC1. The van der Waals surface area contributed by atoms with Crippen LogP contribution in [0.4, 0.5) is 0 Å². The monoisotopic (exact) mass is 291 g/mol. The molecule has 2 N–H and O–H groups in total. The van der Waals surface area contributed by atoms with Gasteiger partial charge in [0.1, 0.15) is 5.82 Å². The van der Waals surface area contributed by atoms with E-state index in [-0.39, 0.29) is 5.54 Å². The van der Waals surface area contributed by atoms with Crippen molar-refractivity contribution >= 4 is 22.6 Å². The summed E-state index contributed by atoms with van der Waals surface area (Å²) in [5, 5.41) is 0.743. The van der Waals surface area contributed by atoms with E-state index in [1.165, 1.54) is 19.3 Å². The molecule has 1 aliphatic carbocycles. The smallest absolute Gasteiger partial charge is 0.129 e. The fourth-order valence-corrected chi connectivity index (χ4v) is 3.60. The van der Waals surface area contributed by atoms with Crippen LogP contribution in [0.5, 0.6) is 0 Å². The highest BCUT2D eigenvalue weighted by Gasteiger charge is 2.36. The van der Waals surface area contributed by atoms with Gasteiger partial charge in [-0.05, 0) is 49.8 Å². The number of rotatable bonds is 2. The van der Waals surface area contributed by atoms with Crippen molar-refractivity contribution in [2.75, 3.05) is 0 Å². The van der Waals surface area contributed by atoms with Crippen LogP contribution in [0, 0.1) is 5.92 Å². The van der Waals surface area contributed by atoms with Gasteiger partial charge < -0.3 is 10.3 Å². The zero-order chi connectivity index (χ0) is 14.3. The topological polar surface area (TPSA) is 43.8 Å². The maximum absolute atomic E-state index is 6.68. The Morgan fingerprint density at radius 1 is 1.40 bits per heavy atom. The number of halogens is 1. The molecule has 1 aromatic heterocycles. The molecule has 3 rings (SSSR count). The number of hydrogen-bond donors (Lipinski definition) is 1. The maximum atomic E-state index is 6.68. The van der Waals surface area contributed by atoms with Gasteiger partial charge in [0.05, 0.1) is 16.6 Å². The summed E-state index contributed by atoms with van der Waals surface area (Å²) < 4.78 is 2.12. The molecule has 1 aliphatic rings. The average molecular weight is 292 g/mol. The van der Waals surface area contributed by atoms with Crippen molar-refractivity contribution in [3.63, 3.8) is 0 Å². The molecule has 1 heterocycles. The zero-order valence-electron chi connectivity index (χ0n) is 12.2.